The highest BCUT2D eigenvalue weighted by atomic mass is 32.1. The summed E-state index contributed by atoms with van der Waals surface area (Å²) in [5, 5.41) is 13.6. The second-order valence-corrected chi connectivity index (χ2v) is 15.3. The van der Waals surface area contributed by atoms with Gasteiger partial charge in [0.2, 0.25) is 5.91 Å². The Labute approximate surface area is 267 Å². The molecule has 3 heterocycles. The van der Waals surface area contributed by atoms with Crippen molar-refractivity contribution in [3.05, 3.63) is 39.8 Å². The first-order valence-corrected chi connectivity index (χ1v) is 17.4. The number of nitrogens with one attached hydrogen (secondary N) is 1. The average Bonchev–Trinajstić information content (AvgIpc) is 3.42. The van der Waals surface area contributed by atoms with Gasteiger partial charge in [-0.15, -0.1) is 11.3 Å². The molecule has 8 heteroatoms. The Kier molecular flexibility index (Phi) is 10.7. The van der Waals surface area contributed by atoms with Crippen molar-refractivity contribution in [2.24, 2.45) is 23.2 Å². The smallest absolute Gasteiger partial charge is 0.348 e. The van der Waals surface area contributed by atoms with Crippen molar-refractivity contribution < 1.29 is 19.4 Å². The van der Waals surface area contributed by atoms with Crippen LogP contribution in [0.1, 0.15) is 112 Å². The third-order valence-corrected chi connectivity index (χ3v) is 10.4. The Morgan fingerprint density at radius 2 is 1.75 bits per heavy atom. The van der Waals surface area contributed by atoms with Crippen molar-refractivity contribution in [1.29, 1.82) is 0 Å². The van der Waals surface area contributed by atoms with Crippen molar-refractivity contribution in [3.63, 3.8) is 0 Å². The largest absolute Gasteiger partial charge is 0.490 e. The fraction of sp³-hybridized carbons (Fsp3) is 0.639. The number of anilines is 1. The van der Waals surface area contributed by atoms with Crippen molar-refractivity contribution >= 4 is 28.9 Å². The lowest BCUT2D eigenvalue weighted by molar-refractivity contribution is -0.124. The topological polar surface area (TPSA) is 91.8 Å². The Morgan fingerprint density at radius 3 is 2.41 bits per heavy atom. The minimum Gasteiger partial charge on any atom is -0.490 e. The summed E-state index contributed by atoms with van der Waals surface area (Å²) < 4.78 is 6.47. The van der Waals surface area contributed by atoms with E-state index < -0.39 is 5.97 Å². The first-order chi connectivity index (χ1) is 21.1. The number of carboxylic acid groups (broad SMARTS) is 1. The molecule has 0 spiro atoms. The predicted octanol–water partition coefficient (Wildman–Crippen LogP) is 7.33. The molecule has 2 N–H and O–H groups in total. The van der Waals surface area contributed by atoms with E-state index in [2.05, 4.69) is 35.1 Å². The predicted molar refractivity (Wildman–Crippen MR) is 176 cm³/mol. The van der Waals surface area contributed by atoms with E-state index in [-0.39, 0.29) is 34.3 Å². The lowest BCUT2D eigenvalue weighted by atomic mass is 9.81. The first kappa shape index (κ1) is 32.5. The summed E-state index contributed by atoms with van der Waals surface area (Å²) in [6, 6.07) is 5.83. The number of carboxylic acids is 1. The molecule has 5 rings (SSSR count). The number of ether oxygens (including phenoxy) is 1. The summed E-state index contributed by atoms with van der Waals surface area (Å²) in [5.74, 6) is 7.58. The number of piperidine rings is 1. The van der Waals surface area contributed by atoms with Crippen molar-refractivity contribution in [1.82, 2.24) is 10.3 Å². The molecule has 3 fully saturated rings. The second-order valence-electron chi connectivity index (χ2n) is 14.2. The summed E-state index contributed by atoms with van der Waals surface area (Å²) in [7, 11) is 0. The molecule has 2 aliphatic carbocycles. The van der Waals surface area contributed by atoms with E-state index in [9.17, 15) is 14.7 Å². The van der Waals surface area contributed by atoms with Gasteiger partial charge in [0, 0.05) is 35.3 Å². The van der Waals surface area contributed by atoms with Crippen LogP contribution >= 0.6 is 11.3 Å². The summed E-state index contributed by atoms with van der Waals surface area (Å²) in [6.07, 6.45) is 12.2. The number of hydrogen-bond acceptors (Lipinski definition) is 6. The van der Waals surface area contributed by atoms with Gasteiger partial charge < -0.3 is 20.1 Å². The highest BCUT2D eigenvalue weighted by molar-refractivity contribution is 7.15. The molecule has 7 nitrogen and oxygen atoms in total. The van der Waals surface area contributed by atoms with Crippen LogP contribution in [-0.4, -0.2) is 47.2 Å². The Bertz CT molecular complexity index is 1350. The van der Waals surface area contributed by atoms with E-state index in [0.717, 1.165) is 82.3 Å². The molecule has 2 aromatic rings. The van der Waals surface area contributed by atoms with E-state index in [4.69, 9.17) is 4.74 Å². The number of amides is 1. The van der Waals surface area contributed by atoms with Gasteiger partial charge in [0.15, 0.2) is 0 Å². The number of pyridine rings is 1. The van der Waals surface area contributed by atoms with Crippen LogP contribution in [-0.2, 0) is 11.2 Å². The minimum absolute atomic E-state index is 0.0579. The molecule has 0 bridgehead atoms. The lowest BCUT2D eigenvalue weighted by Crippen LogP contribution is -2.47. The molecular formula is C36H49N3O4S. The highest BCUT2D eigenvalue weighted by Gasteiger charge is 2.38. The molecule has 44 heavy (non-hydrogen) atoms. The van der Waals surface area contributed by atoms with Gasteiger partial charge in [-0.3, -0.25) is 9.78 Å². The zero-order valence-corrected chi connectivity index (χ0v) is 27.7. The van der Waals surface area contributed by atoms with E-state index in [0.29, 0.717) is 22.4 Å². The van der Waals surface area contributed by atoms with Crippen molar-refractivity contribution in [2.75, 3.05) is 18.0 Å². The van der Waals surface area contributed by atoms with Gasteiger partial charge in [0.05, 0.1) is 16.7 Å². The minimum atomic E-state index is -1.00. The standard InChI is InChI=1S/C36H49N3O4S/c1-24-5-7-26(8-6-24)34(40)39(32-23-31(13-17-36(2,3)4)44-33(32)35(41)42)28-9-11-29(12-10-28)43-30-16-20-38-27(22-30)21-25-14-18-37-19-15-25/h16,20,22-26,28-29,37H,5-12,14-15,18-19,21H2,1-4H3,(H,41,42). The number of carbonyl (C=O) groups excluding carboxylic acids is 1. The van der Waals surface area contributed by atoms with Crippen LogP contribution in [0.2, 0.25) is 0 Å². The Balaban J connectivity index is 1.32. The maximum Gasteiger partial charge on any atom is 0.348 e. The Hall–Kier alpha value is -2.89. The van der Waals surface area contributed by atoms with Gasteiger partial charge in [-0.2, -0.15) is 0 Å². The maximum atomic E-state index is 14.2. The van der Waals surface area contributed by atoms with Gasteiger partial charge in [0.25, 0.3) is 0 Å². The second kappa shape index (κ2) is 14.5. The van der Waals surface area contributed by atoms with E-state index in [1.807, 2.05) is 44.0 Å². The monoisotopic (exact) mass is 619 g/mol. The third-order valence-electron chi connectivity index (χ3n) is 9.39. The molecule has 2 aromatic heterocycles. The quantitative estimate of drug-likeness (QED) is 0.301. The SMILES string of the molecule is CC1CCC(C(=O)N(c2cc(C#CC(C)(C)C)sc2C(=O)O)C2CCC(Oc3ccnc(CC4CCNCC4)c3)CC2)CC1. The fourth-order valence-corrected chi connectivity index (χ4v) is 7.70. The summed E-state index contributed by atoms with van der Waals surface area (Å²) in [4.78, 5) is 34.1. The van der Waals surface area contributed by atoms with Crippen LogP contribution in [0, 0.1) is 35.0 Å². The molecule has 1 saturated heterocycles. The Morgan fingerprint density at radius 1 is 1.05 bits per heavy atom. The number of thiophene rings is 1. The number of aromatic nitrogens is 1. The molecule has 1 amide bonds. The van der Waals surface area contributed by atoms with Crippen LogP contribution in [0.5, 0.6) is 5.75 Å². The van der Waals surface area contributed by atoms with Crippen LogP contribution < -0.4 is 15.0 Å². The number of rotatable bonds is 8. The molecule has 0 aromatic carbocycles. The number of aromatic carboxylic acids is 1. The zero-order valence-electron chi connectivity index (χ0n) is 26.9. The van der Waals surface area contributed by atoms with Crippen molar-refractivity contribution in [2.45, 2.75) is 110 Å². The molecule has 0 radical (unpaired) electrons. The maximum absolute atomic E-state index is 14.2. The van der Waals surface area contributed by atoms with Crippen LogP contribution in [0.25, 0.3) is 0 Å². The fourth-order valence-electron chi connectivity index (χ4n) is 6.86. The molecule has 0 atom stereocenters. The molecule has 0 unspecified atom stereocenters. The average molecular weight is 620 g/mol. The van der Waals surface area contributed by atoms with Crippen LogP contribution in [0.4, 0.5) is 5.69 Å². The number of carbonyl (C=O) groups is 2. The number of nitrogens with zero attached hydrogens (tertiary/aromatic N) is 2. The zero-order chi connectivity index (χ0) is 31.3. The van der Waals surface area contributed by atoms with E-state index in [1.165, 1.54) is 24.2 Å². The van der Waals surface area contributed by atoms with Crippen molar-refractivity contribution in [3.8, 4) is 17.6 Å². The van der Waals surface area contributed by atoms with Gasteiger partial charge in [0.1, 0.15) is 10.6 Å². The third kappa shape index (κ3) is 8.63. The highest BCUT2D eigenvalue weighted by Crippen LogP contribution is 2.39. The van der Waals surface area contributed by atoms with Gasteiger partial charge in [-0.05, 0) is 128 Å². The summed E-state index contributed by atoms with van der Waals surface area (Å²) in [6.45, 7) is 10.5. The first-order valence-electron chi connectivity index (χ1n) is 16.6. The normalized spacial score (nSPS) is 24.6. The molecule has 1 aliphatic heterocycles. The number of hydrogen-bond donors (Lipinski definition) is 2. The van der Waals surface area contributed by atoms with E-state index in [1.54, 1.807) is 0 Å². The van der Waals surface area contributed by atoms with Gasteiger partial charge >= 0.3 is 5.97 Å². The van der Waals surface area contributed by atoms with Crippen LogP contribution in [0.3, 0.4) is 0 Å². The molecule has 3 aliphatic rings. The summed E-state index contributed by atoms with van der Waals surface area (Å²) in [5.41, 5.74) is 1.40. The lowest BCUT2D eigenvalue weighted by Gasteiger charge is -2.39. The van der Waals surface area contributed by atoms with Crippen LogP contribution in [0.15, 0.2) is 24.4 Å². The van der Waals surface area contributed by atoms with Gasteiger partial charge in [-0.1, -0.05) is 18.8 Å². The summed E-state index contributed by atoms with van der Waals surface area (Å²) >= 11 is 1.18. The molecule has 2 saturated carbocycles. The van der Waals surface area contributed by atoms with E-state index >= 15 is 0 Å². The molecule has 238 valence electrons. The molecular weight excluding hydrogens is 570 g/mol. The van der Waals surface area contributed by atoms with Gasteiger partial charge in [-0.25, -0.2) is 4.79 Å².